The lowest BCUT2D eigenvalue weighted by Gasteiger charge is -2.41. The number of likely N-dealkylation sites (tertiary alicyclic amines) is 2. The van der Waals surface area contributed by atoms with E-state index in [4.69, 9.17) is 19.2 Å². The van der Waals surface area contributed by atoms with E-state index in [1.54, 1.807) is 18.1 Å². The van der Waals surface area contributed by atoms with Crippen molar-refractivity contribution in [3.05, 3.63) is 67.3 Å². The summed E-state index contributed by atoms with van der Waals surface area (Å²) in [5.74, 6) is 0.107. The molecule has 314 valence electrons. The topological polar surface area (TPSA) is 163 Å². The minimum Gasteiger partial charge on any atom is -0.497 e. The van der Waals surface area contributed by atoms with Crippen molar-refractivity contribution in [1.82, 2.24) is 24.8 Å². The minimum atomic E-state index is -3.52. The Balaban J connectivity index is 1.19. The zero-order chi connectivity index (χ0) is 41.4. The number of amides is 2. The van der Waals surface area contributed by atoms with Crippen molar-refractivity contribution < 1.29 is 37.3 Å². The third kappa shape index (κ3) is 9.52. The van der Waals surface area contributed by atoms with Gasteiger partial charge in [-0.15, -0.1) is 6.58 Å². The van der Waals surface area contributed by atoms with Gasteiger partial charge in [0.2, 0.25) is 21.8 Å². The van der Waals surface area contributed by atoms with E-state index in [2.05, 4.69) is 16.6 Å². The van der Waals surface area contributed by atoms with Crippen LogP contribution in [-0.4, -0.2) is 109 Å². The lowest BCUT2D eigenvalue weighted by Crippen LogP contribution is -2.56. The summed E-state index contributed by atoms with van der Waals surface area (Å²) in [4.78, 5) is 37.0. The third-order valence-corrected chi connectivity index (χ3v) is 14.1. The molecule has 13 nitrogen and oxygen atoms in total. The number of epoxide rings is 1. The van der Waals surface area contributed by atoms with E-state index in [1.807, 2.05) is 87.2 Å². The monoisotopic (exact) mass is 817 g/mol. The quantitative estimate of drug-likeness (QED) is 0.129. The molecule has 0 radical (unpaired) electrons. The van der Waals surface area contributed by atoms with E-state index < -0.39 is 63.4 Å². The molecule has 1 saturated carbocycles. The Kier molecular flexibility index (Phi) is 12.5. The number of rotatable bonds is 16. The molecule has 14 heteroatoms. The molecule has 3 aromatic rings. The van der Waals surface area contributed by atoms with Gasteiger partial charge in [0.25, 0.3) is 0 Å². The van der Waals surface area contributed by atoms with Crippen LogP contribution in [0.5, 0.6) is 11.5 Å². The Morgan fingerprint density at radius 1 is 1.09 bits per heavy atom. The number of benzene rings is 2. The summed E-state index contributed by atoms with van der Waals surface area (Å²) in [5, 5.41) is 16.0. The Bertz CT molecular complexity index is 2070. The molecular formula is C44H59N5O8S. The van der Waals surface area contributed by atoms with Crippen molar-refractivity contribution in [3.63, 3.8) is 0 Å². The smallest absolute Gasteiger partial charge is 0.237 e. The molecule has 4 heterocycles. The lowest BCUT2D eigenvalue weighted by molar-refractivity contribution is -0.144. The first kappa shape index (κ1) is 42.1. The molecule has 2 aromatic carbocycles. The molecule has 3 aliphatic heterocycles. The van der Waals surface area contributed by atoms with Crippen LogP contribution >= 0.6 is 0 Å². The van der Waals surface area contributed by atoms with E-state index in [0.717, 1.165) is 30.2 Å². The average Bonchev–Trinajstić information content (AvgIpc) is 4.16. The van der Waals surface area contributed by atoms with Gasteiger partial charge in [-0.2, -0.15) is 4.72 Å². The van der Waals surface area contributed by atoms with Crippen molar-refractivity contribution in [2.45, 2.75) is 115 Å². The number of aromatic nitrogens is 1. The van der Waals surface area contributed by atoms with Crippen LogP contribution < -0.4 is 19.5 Å². The molecular weight excluding hydrogens is 759 g/mol. The van der Waals surface area contributed by atoms with Crippen LogP contribution in [0, 0.1) is 17.3 Å². The summed E-state index contributed by atoms with van der Waals surface area (Å²) in [6, 6.07) is 15.9. The summed E-state index contributed by atoms with van der Waals surface area (Å²) in [6.45, 7) is 13.5. The standard InChI is InChI=1S/C44H59N5O8S/c1-7-27(2)39(40-42(57-40)47-58(53,54)31-17-18-31)46-41(51)36-23-30(26-49(36)43(52)33(44(3,4)5)24-38(50)48-20-12-9-13-21-48)56-37-25-34(28-14-10-8-11-15-28)45-35-22-29(55-6)16-19-32(35)37/h7-8,10-11,14-16,19,22,25,27,30-31,33,36,39-40,42-43,47,52H,1,9,12-13,17-18,20-21,23-24,26H2,2-6H3,(H,46,51)/t27?,30?,33?,36-,39+,40?,42+,43?/m0/s1. The maximum absolute atomic E-state index is 14.6. The van der Waals surface area contributed by atoms with E-state index in [-0.39, 0.29) is 37.1 Å². The van der Waals surface area contributed by atoms with Gasteiger partial charge in [0.15, 0.2) is 0 Å². The molecule has 3 N–H and O–H groups in total. The van der Waals surface area contributed by atoms with Crippen LogP contribution in [0.4, 0.5) is 0 Å². The summed E-state index contributed by atoms with van der Waals surface area (Å²) in [5.41, 5.74) is 1.80. The first-order chi connectivity index (χ1) is 27.7. The molecule has 1 aromatic heterocycles. The summed E-state index contributed by atoms with van der Waals surface area (Å²) >= 11 is 0. The fraction of sp³-hybridized carbons (Fsp3) is 0.568. The van der Waals surface area contributed by atoms with E-state index in [1.165, 1.54) is 0 Å². The van der Waals surface area contributed by atoms with Crippen molar-refractivity contribution >= 4 is 32.7 Å². The number of pyridine rings is 1. The molecule has 5 unspecified atom stereocenters. The number of nitrogens with one attached hydrogen (secondary N) is 2. The van der Waals surface area contributed by atoms with Crippen LogP contribution in [0.1, 0.15) is 72.6 Å². The number of sulfonamides is 1. The van der Waals surface area contributed by atoms with E-state index in [0.29, 0.717) is 48.6 Å². The van der Waals surface area contributed by atoms with Crippen LogP contribution in [0.25, 0.3) is 22.2 Å². The lowest BCUT2D eigenvalue weighted by atomic mass is 9.76. The number of aliphatic hydroxyl groups is 1. The maximum atomic E-state index is 14.6. The number of fused-ring (bicyclic) bond motifs is 1. The van der Waals surface area contributed by atoms with Gasteiger partial charge in [-0.3, -0.25) is 14.5 Å². The predicted molar refractivity (Wildman–Crippen MR) is 222 cm³/mol. The number of piperidine rings is 1. The number of ether oxygens (including phenoxy) is 3. The first-order valence-corrected chi connectivity index (χ1v) is 22.2. The van der Waals surface area contributed by atoms with Gasteiger partial charge in [0.1, 0.15) is 36.2 Å². The van der Waals surface area contributed by atoms with Crippen molar-refractivity contribution in [3.8, 4) is 22.8 Å². The molecule has 8 atom stereocenters. The number of hydrogen-bond donors (Lipinski definition) is 3. The van der Waals surface area contributed by atoms with Gasteiger partial charge in [-0.1, -0.05) is 64.1 Å². The van der Waals surface area contributed by atoms with Gasteiger partial charge >= 0.3 is 0 Å². The number of carbonyl (C=O) groups excluding carboxylic acids is 2. The fourth-order valence-electron chi connectivity index (χ4n) is 8.39. The number of nitrogens with zero attached hydrogens (tertiary/aromatic N) is 3. The molecule has 0 bridgehead atoms. The number of carbonyl (C=O) groups is 2. The highest BCUT2D eigenvalue weighted by atomic mass is 32.2. The highest BCUT2D eigenvalue weighted by Gasteiger charge is 2.53. The van der Waals surface area contributed by atoms with Gasteiger partial charge in [-0.25, -0.2) is 13.4 Å². The largest absolute Gasteiger partial charge is 0.497 e. The van der Waals surface area contributed by atoms with Crippen molar-refractivity contribution in [2.24, 2.45) is 17.3 Å². The number of hydrogen-bond acceptors (Lipinski definition) is 10. The molecule has 4 fully saturated rings. The molecule has 58 heavy (non-hydrogen) atoms. The van der Waals surface area contributed by atoms with Crippen molar-refractivity contribution in [2.75, 3.05) is 26.7 Å². The van der Waals surface area contributed by atoms with Gasteiger partial charge in [0, 0.05) is 61.5 Å². The van der Waals surface area contributed by atoms with Gasteiger partial charge < -0.3 is 29.5 Å². The Morgan fingerprint density at radius 3 is 2.47 bits per heavy atom. The number of aliphatic hydroxyl groups excluding tert-OH is 1. The van der Waals surface area contributed by atoms with E-state index in [9.17, 15) is 23.1 Å². The Morgan fingerprint density at radius 2 is 1.81 bits per heavy atom. The van der Waals surface area contributed by atoms with E-state index >= 15 is 0 Å². The second-order valence-corrected chi connectivity index (χ2v) is 19.5. The summed E-state index contributed by atoms with van der Waals surface area (Å²) in [7, 11) is -1.91. The maximum Gasteiger partial charge on any atom is 0.237 e. The molecule has 3 saturated heterocycles. The molecule has 7 rings (SSSR count). The van der Waals surface area contributed by atoms with Crippen LogP contribution in [0.2, 0.25) is 0 Å². The molecule has 1 aliphatic carbocycles. The van der Waals surface area contributed by atoms with Crippen LogP contribution in [0.3, 0.4) is 0 Å². The van der Waals surface area contributed by atoms with Crippen LogP contribution in [-0.2, 0) is 24.3 Å². The van der Waals surface area contributed by atoms with Crippen LogP contribution in [0.15, 0.2) is 67.3 Å². The predicted octanol–water partition coefficient (Wildman–Crippen LogP) is 5.23. The minimum absolute atomic E-state index is 0.00393. The normalized spacial score (nSPS) is 24.8. The average molecular weight is 818 g/mol. The highest BCUT2D eigenvalue weighted by molar-refractivity contribution is 7.90. The second kappa shape index (κ2) is 17.3. The van der Waals surface area contributed by atoms with Gasteiger partial charge in [-0.05, 0) is 55.6 Å². The van der Waals surface area contributed by atoms with Gasteiger partial charge in [0.05, 0.1) is 35.7 Å². The Hall–Kier alpha value is -4.08. The third-order valence-electron chi connectivity index (χ3n) is 12.2. The summed E-state index contributed by atoms with van der Waals surface area (Å²) < 4.78 is 46.4. The van der Waals surface area contributed by atoms with Crippen molar-refractivity contribution in [1.29, 1.82) is 0 Å². The molecule has 2 amide bonds. The fourth-order valence-corrected chi connectivity index (χ4v) is 9.85. The zero-order valence-corrected chi connectivity index (χ0v) is 35.1. The number of methoxy groups -OCH3 is 1. The summed E-state index contributed by atoms with van der Waals surface area (Å²) in [6.07, 6.45) is 3.27. The SMILES string of the molecule is C=CC(C)[C@@H](NC(=O)[C@@H]1CC(Oc2cc(-c3ccccc3)nc3cc(OC)ccc23)CN1C(O)C(CC(=O)N1CCCCC1)C(C)(C)C)C1O[C@H]1NS(=O)(=O)C1CC1. The Labute approximate surface area is 342 Å². The second-order valence-electron chi connectivity index (χ2n) is 17.5. The first-order valence-electron chi connectivity index (χ1n) is 20.7. The molecule has 0 spiro atoms. The highest BCUT2D eigenvalue weighted by Crippen LogP contribution is 2.40. The zero-order valence-electron chi connectivity index (χ0n) is 34.3. The molecule has 4 aliphatic rings.